The maximum absolute atomic E-state index is 13.4. The summed E-state index contributed by atoms with van der Waals surface area (Å²) in [5, 5.41) is 3.44. The molecule has 0 radical (unpaired) electrons. The van der Waals surface area contributed by atoms with Gasteiger partial charge in [0.25, 0.3) is 0 Å². The third kappa shape index (κ3) is 5.90. The highest BCUT2D eigenvalue weighted by molar-refractivity contribution is 7.80. The van der Waals surface area contributed by atoms with Crippen LogP contribution in [-0.4, -0.2) is 46.5 Å². The van der Waals surface area contributed by atoms with Crippen molar-refractivity contribution in [1.29, 1.82) is 0 Å². The van der Waals surface area contributed by atoms with Crippen molar-refractivity contribution in [1.82, 2.24) is 9.80 Å². The quantitative estimate of drug-likeness (QED) is 0.779. The molecule has 1 saturated heterocycles. The molecule has 1 aliphatic rings. The Morgan fingerprint density at radius 3 is 2.35 bits per heavy atom. The molecule has 0 aliphatic carbocycles. The first-order valence-corrected chi connectivity index (χ1v) is 9.46. The molecule has 0 atom stereocenters. The van der Waals surface area contributed by atoms with Gasteiger partial charge in [0.1, 0.15) is 11.6 Å². The van der Waals surface area contributed by atoms with E-state index in [1.54, 1.807) is 6.92 Å². The fraction of sp³-hybridized carbons (Fsp3) is 0.579. The number of nitrogens with zero attached hydrogens (tertiary/aromatic N) is 2. The predicted octanol–water partition coefficient (Wildman–Crippen LogP) is 4.02. The molecule has 0 bridgehead atoms. The Morgan fingerprint density at radius 2 is 1.85 bits per heavy atom. The second-order valence-electron chi connectivity index (χ2n) is 7.20. The minimum Gasteiger partial charge on any atom is -0.346 e. The normalized spacial score (nSPS) is 15.2. The van der Waals surface area contributed by atoms with E-state index in [-0.39, 0.29) is 11.9 Å². The second-order valence-corrected chi connectivity index (χ2v) is 7.59. The fourth-order valence-electron chi connectivity index (χ4n) is 3.16. The summed E-state index contributed by atoms with van der Waals surface area (Å²) < 4.78 is 26.9. The van der Waals surface area contributed by atoms with Crippen LogP contribution in [0.4, 0.5) is 14.5 Å². The first kappa shape index (κ1) is 20.6. The van der Waals surface area contributed by atoms with Crippen LogP contribution in [0.2, 0.25) is 0 Å². The lowest BCUT2D eigenvalue weighted by atomic mass is 10.0. The Morgan fingerprint density at radius 1 is 1.27 bits per heavy atom. The van der Waals surface area contributed by atoms with Crippen molar-refractivity contribution in [2.75, 3.05) is 25.0 Å². The molecule has 144 valence electrons. The maximum atomic E-state index is 13.4. The van der Waals surface area contributed by atoms with Gasteiger partial charge in [-0.15, -0.1) is 0 Å². The second kappa shape index (κ2) is 9.26. The van der Waals surface area contributed by atoms with Crippen LogP contribution < -0.4 is 5.32 Å². The Bertz CT molecular complexity index is 625. The monoisotopic (exact) mass is 383 g/mol. The van der Waals surface area contributed by atoms with Crippen LogP contribution in [0.25, 0.3) is 0 Å². The molecule has 1 N–H and O–H groups in total. The van der Waals surface area contributed by atoms with Crippen LogP contribution in [0, 0.1) is 17.6 Å². The predicted molar refractivity (Wildman–Crippen MR) is 104 cm³/mol. The molecule has 1 aromatic rings. The molecule has 0 spiro atoms. The number of amides is 1. The zero-order valence-corrected chi connectivity index (χ0v) is 16.4. The minimum atomic E-state index is -0.640. The summed E-state index contributed by atoms with van der Waals surface area (Å²) in [6.07, 6.45) is 2.63. The van der Waals surface area contributed by atoms with Gasteiger partial charge in [-0.05, 0) is 49.5 Å². The topological polar surface area (TPSA) is 35.6 Å². The average molecular weight is 384 g/mol. The molecular formula is C19H27F2N3OS. The molecule has 1 fully saturated rings. The number of carbonyl (C=O) groups is 1. The van der Waals surface area contributed by atoms with Gasteiger partial charge in [0.05, 0.1) is 0 Å². The Hall–Kier alpha value is -1.76. The van der Waals surface area contributed by atoms with E-state index in [0.29, 0.717) is 29.8 Å². The summed E-state index contributed by atoms with van der Waals surface area (Å²) in [5.74, 6) is -0.671. The summed E-state index contributed by atoms with van der Waals surface area (Å²) in [6.45, 7) is 8.06. The molecule has 1 aromatic carbocycles. The number of thiocarbonyl (C=S) groups is 1. The van der Waals surface area contributed by atoms with Gasteiger partial charge in [0.15, 0.2) is 5.11 Å². The molecule has 0 saturated carbocycles. The molecule has 26 heavy (non-hydrogen) atoms. The van der Waals surface area contributed by atoms with E-state index in [1.807, 2.05) is 4.90 Å². The van der Waals surface area contributed by atoms with E-state index < -0.39 is 11.6 Å². The molecule has 4 nitrogen and oxygen atoms in total. The van der Waals surface area contributed by atoms with Gasteiger partial charge in [-0.2, -0.15) is 0 Å². The highest BCUT2D eigenvalue weighted by atomic mass is 32.1. The number of nitrogens with one attached hydrogen (secondary N) is 1. The Kier molecular flexibility index (Phi) is 7.32. The zero-order valence-electron chi connectivity index (χ0n) is 15.6. The number of piperidine rings is 1. The van der Waals surface area contributed by atoms with Crippen molar-refractivity contribution >= 4 is 28.9 Å². The highest BCUT2D eigenvalue weighted by Gasteiger charge is 2.27. The van der Waals surface area contributed by atoms with Gasteiger partial charge >= 0.3 is 0 Å². The standard InChI is InChI=1S/C19H27F2N3OS/c1-13(2)4-9-24(18-5-7-23(8-6-18)14(3)25)19(26)22-17-11-15(20)10-16(21)12-17/h10-13,18H,4-9H2,1-3H3,(H,22,26). The van der Waals surface area contributed by atoms with E-state index >= 15 is 0 Å². The fourth-order valence-corrected chi connectivity index (χ4v) is 3.52. The molecule has 2 rings (SSSR count). The molecule has 0 aromatic heterocycles. The number of anilines is 1. The number of rotatable bonds is 5. The number of benzene rings is 1. The SMILES string of the molecule is CC(=O)N1CCC(N(CCC(C)C)C(=S)Nc2cc(F)cc(F)c2)CC1. The summed E-state index contributed by atoms with van der Waals surface area (Å²) >= 11 is 5.55. The van der Waals surface area contributed by atoms with Gasteiger partial charge in [-0.25, -0.2) is 8.78 Å². The third-order valence-electron chi connectivity index (χ3n) is 4.67. The number of hydrogen-bond donors (Lipinski definition) is 1. The van der Waals surface area contributed by atoms with E-state index in [0.717, 1.165) is 31.9 Å². The number of likely N-dealkylation sites (tertiary alicyclic amines) is 1. The summed E-state index contributed by atoms with van der Waals surface area (Å²) in [6, 6.07) is 3.51. The van der Waals surface area contributed by atoms with E-state index in [9.17, 15) is 13.6 Å². The maximum Gasteiger partial charge on any atom is 0.219 e. The van der Waals surface area contributed by atoms with E-state index in [1.165, 1.54) is 12.1 Å². The van der Waals surface area contributed by atoms with Crippen LogP contribution in [0.15, 0.2) is 18.2 Å². The van der Waals surface area contributed by atoms with Gasteiger partial charge in [0.2, 0.25) is 5.91 Å². The summed E-state index contributed by atoms with van der Waals surface area (Å²) in [5.41, 5.74) is 0.309. The van der Waals surface area contributed by atoms with Crippen molar-refractivity contribution in [3.05, 3.63) is 29.8 Å². The average Bonchev–Trinajstić information content (AvgIpc) is 2.54. The molecule has 1 aliphatic heterocycles. The van der Waals surface area contributed by atoms with Crippen molar-refractivity contribution in [2.24, 2.45) is 5.92 Å². The van der Waals surface area contributed by atoms with Crippen LogP contribution >= 0.6 is 12.2 Å². The molecule has 1 heterocycles. The van der Waals surface area contributed by atoms with Crippen molar-refractivity contribution in [3.63, 3.8) is 0 Å². The first-order valence-electron chi connectivity index (χ1n) is 9.05. The summed E-state index contributed by atoms with van der Waals surface area (Å²) in [4.78, 5) is 15.5. The van der Waals surface area contributed by atoms with Crippen molar-refractivity contribution < 1.29 is 13.6 Å². The number of halogens is 2. The molecular weight excluding hydrogens is 356 g/mol. The summed E-state index contributed by atoms with van der Waals surface area (Å²) in [7, 11) is 0. The molecule has 1 amide bonds. The van der Waals surface area contributed by atoms with Crippen LogP contribution in [0.3, 0.4) is 0 Å². The lowest BCUT2D eigenvalue weighted by Gasteiger charge is -2.40. The van der Waals surface area contributed by atoms with E-state index in [4.69, 9.17) is 12.2 Å². The zero-order chi connectivity index (χ0) is 19.3. The van der Waals surface area contributed by atoms with Crippen molar-refractivity contribution in [2.45, 2.75) is 46.1 Å². The smallest absolute Gasteiger partial charge is 0.219 e. The molecule has 0 unspecified atom stereocenters. The van der Waals surface area contributed by atoms with Gasteiger partial charge < -0.3 is 15.1 Å². The number of hydrogen-bond acceptors (Lipinski definition) is 2. The van der Waals surface area contributed by atoms with Crippen LogP contribution in [-0.2, 0) is 4.79 Å². The lowest BCUT2D eigenvalue weighted by molar-refractivity contribution is -0.130. The first-order chi connectivity index (χ1) is 12.3. The third-order valence-corrected chi connectivity index (χ3v) is 5.01. The Labute approximate surface area is 159 Å². The van der Waals surface area contributed by atoms with Gasteiger partial charge in [0, 0.05) is 44.4 Å². The van der Waals surface area contributed by atoms with Crippen LogP contribution in [0.1, 0.15) is 40.0 Å². The van der Waals surface area contributed by atoms with Crippen molar-refractivity contribution in [3.8, 4) is 0 Å². The molecule has 7 heteroatoms. The minimum absolute atomic E-state index is 0.0908. The van der Waals surface area contributed by atoms with Gasteiger partial charge in [-0.3, -0.25) is 4.79 Å². The lowest BCUT2D eigenvalue weighted by Crippen LogP contribution is -2.50. The van der Waals surface area contributed by atoms with Gasteiger partial charge in [-0.1, -0.05) is 13.8 Å². The largest absolute Gasteiger partial charge is 0.346 e. The van der Waals surface area contributed by atoms with E-state index in [2.05, 4.69) is 24.1 Å². The number of carbonyl (C=O) groups excluding carboxylic acids is 1. The van der Waals surface area contributed by atoms with Crippen LogP contribution in [0.5, 0.6) is 0 Å². The highest BCUT2D eigenvalue weighted by Crippen LogP contribution is 2.21. The Balaban J connectivity index is 2.08.